The van der Waals surface area contributed by atoms with Crippen LogP contribution in [0.5, 0.6) is 0 Å². The Labute approximate surface area is 98.7 Å². The van der Waals surface area contributed by atoms with Gasteiger partial charge in [-0.15, -0.1) is 0 Å². The lowest BCUT2D eigenvalue weighted by Gasteiger charge is -2.17. The number of halogens is 1. The summed E-state index contributed by atoms with van der Waals surface area (Å²) < 4.78 is 1.25. The minimum atomic E-state index is -0.164. The van der Waals surface area contributed by atoms with Gasteiger partial charge in [-0.05, 0) is 65.0 Å². The zero-order valence-corrected chi connectivity index (χ0v) is 10.5. The van der Waals surface area contributed by atoms with Crippen LogP contribution in [-0.2, 0) is 6.42 Å². The smallest absolute Gasteiger partial charge is 0.0634 e. The molecule has 14 heavy (non-hydrogen) atoms. The van der Waals surface area contributed by atoms with Crippen molar-refractivity contribution in [2.75, 3.05) is 0 Å². The fourth-order valence-corrected chi connectivity index (χ4v) is 1.98. The highest BCUT2D eigenvalue weighted by atomic mass is 127. The Morgan fingerprint density at radius 2 is 1.93 bits per heavy atom. The molecule has 0 aromatic heterocycles. The summed E-state index contributed by atoms with van der Waals surface area (Å²) in [5, 5.41) is 9.97. The second kappa shape index (κ2) is 3.81. The molecule has 1 aliphatic rings. The van der Waals surface area contributed by atoms with E-state index in [1.54, 1.807) is 0 Å². The first-order valence-corrected chi connectivity index (χ1v) is 6.10. The Balaban J connectivity index is 2.00. The van der Waals surface area contributed by atoms with Crippen molar-refractivity contribution in [3.63, 3.8) is 0 Å². The maximum absolute atomic E-state index is 9.97. The summed E-state index contributed by atoms with van der Waals surface area (Å²) in [6.07, 6.45) is 2.99. The molecule has 0 amide bonds. The molecule has 1 atom stereocenters. The number of benzene rings is 1. The molecule has 0 heterocycles. The van der Waals surface area contributed by atoms with E-state index in [4.69, 9.17) is 0 Å². The highest BCUT2D eigenvalue weighted by molar-refractivity contribution is 14.1. The molecular weight excluding hydrogens is 287 g/mol. The molecule has 2 rings (SSSR count). The Morgan fingerprint density at radius 3 is 2.43 bits per heavy atom. The average molecular weight is 302 g/mol. The van der Waals surface area contributed by atoms with E-state index < -0.39 is 0 Å². The molecule has 1 fully saturated rings. The molecule has 1 saturated carbocycles. The van der Waals surface area contributed by atoms with Crippen LogP contribution < -0.4 is 0 Å². The highest BCUT2D eigenvalue weighted by Gasteiger charge is 2.43. The molecule has 76 valence electrons. The van der Waals surface area contributed by atoms with E-state index in [2.05, 4.69) is 53.8 Å². The van der Waals surface area contributed by atoms with E-state index in [0.717, 1.165) is 6.42 Å². The maximum Gasteiger partial charge on any atom is 0.0634 e. The van der Waals surface area contributed by atoms with Gasteiger partial charge in [0.1, 0.15) is 0 Å². The van der Waals surface area contributed by atoms with Crippen LogP contribution in [0.1, 0.15) is 25.3 Å². The predicted octanol–water partition coefficient (Wildman–Crippen LogP) is 2.99. The SMILES string of the molecule is CC1(C(O)Cc2ccc(I)cc2)CC1. The fourth-order valence-electron chi connectivity index (χ4n) is 1.62. The minimum absolute atomic E-state index is 0.164. The molecule has 2 heteroatoms. The highest BCUT2D eigenvalue weighted by Crippen LogP contribution is 2.48. The average Bonchev–Trinajstić information content (AvgIpc) is 2.89. The van der Waals surface area contributed by atoms with Gasteiger partial charge in [0, 0.05) is 3.57 Å². The van der Waals surface area contributed by atoms with Crippen molar-refractivity contribution in [3.05, 3.63) is 33.4 Å². The van der Waals surface area contributed by atoms with Crippen molar-refractivity contribution in [2.24, 2.45) is 5.41 Å². The van der Waals surface area contributed by atoms with Crippen LogP contribution in [0.15, 0.2) is 24.3 Å². The summed E-state index contributed by atoms with van der Waals surface area (Å²) >= 11 is 2.30. The summed E-state index contributed by atoms with van der Waals surface area (Å²) in [5.74, 6) is 0. The summed E-state index contributed by atoms with van der Waals surface area (Å²) in [7, 11) is 0. The normalized spacial score (nSPS) is 20.5. The lowest BCUT2D eigenvalue weighted by atomic mass is 9.95. The Morgan fingerprint density at radius 1 is 1.36 bits per heavy atom. The zero-order valence-electron chi connectivity index (χ0n) is 8.33. The number of aliphatic hydroxyl groups excluding tert-OH is 1. The van der Waals surface area contributed by atoms with E-state index in [1.807, 2.05) is 0 Å². The van der Waals surface area contributed by atoms with Crippen molar-refractivity contribution in [3.8, 4) is 0 Å². The first-order chi connectivity index (χ1) is 6.60. The van der Waals surface area contributed by atoms with Crippen LogP contribution in [0.4, 0.5) is 0 Å². The molecule has 0 saturated heterocycles. The first kappa shape index (κ1) is 10.4. The van der Waals surface area contributed by atoms with Crippen LogP contribution in [0.25, 0.3) is 0 Å². The van der Waals surface area contributed by atoms with Crippen molar-refractivity contribution < 1.29 is 5.11 Å². The number of rotatable bonds is 3. The van der Waals surface area contributed by atoms with E-state index in [-0.39, 0.29) is 11.5 Å². The van der Waals surface area contributed by atoms with E-state index in [1.165, 1.54) is 22.0 Å². The topological polar surface area (TPSA) is 20.2 Å². The summed E-state index contributed by atoms with van der Waals surface area (Å²) in [5.41, 5.74) is 1.45. The van der Waals surface area contributed by atoms with Gasteiger partial charge in [-0.1, -0.05) is 19.1 Å². The summed E-state index contributed by atoms with van der Waals surface area (Å²) in [6.45, 7) is 2.17. The van der Waals surface area contributed by atoms with Crippen LogP contribution in [-0.4, -0.2) is 11.2 Å². The van der Waals surface area contributed by atoms with Crippen molar-refractivity contribution in [1.29, 1.82) is 0 Å². The van der Waals surface area contributed by atoms with E-state index >= 15 is 0 Å². The second-order valence-corrected chi connectivity index (χ2v) is 5.75. The van der Waals surface area contributed by atoms with Gasteiger partial charge in [-0.2, -0.15) is 0 Å². The summed E-state index contributed by atoms with van der Waals surface area (Å²) in [4.78, 5) is 0. The molecule has 1 nitrogen and oxygen atoms in total. The van der Waals surface area contributed by atoms with Crippen molar-refractivity contribution in [2.45, 2.75) is 32.3 Å². The molecule has 0 aliphatic heterocycles. The third-order valence-electron chi connectivity index (χ3n) is 3.19. The lowest BCUT2D eigenvalue weighted by molar-refractivity contribution is 0.103. The second-order valence-electron chi connectivity index (χ2n) is 4.50. The monoisotopic (exact) mass is 302 g/mol. The predicted molar refractivity (Wildman–Crippen MR) is 66.2 cm³/mol. The molecular formula is C12H15IO. The van der Waals surface area contributed by atoms with Crippen LogP contribution >= 0.6 is 22.6 Å². The van der Waals surface area contributed by atoms with Gasteiger partial charge >= 0.3 is 0 Å². The van der Waals surface area contributed by atoms with E-state index in [0.29, 0.717) is 0 Å². The van der Waals surface area contributed by atoms with Gasteiger partial charge < -0.3 is 5.11 Å². The molecule has 1 unspecified atom stereocenters. The van der Waals surface area contributed by atoms with Gasteiger partial charge in [0.05, 0.1) is 6.10 Å². The molecule has 1 aromatic carbocycles. The minimum Gasteiger partial charge on any atom is -0.392 e. The lowest BCUT2D eigenvalue weighted by Crippen LogP contribution is -2.21. The molecule has 1 aliphatic carbocycles. The quantitative estimate of drug-likeness (QED) is 0.851. The van der Waals surface area contributed by atoms with Crippen molar-refractivity contribution >= 4 is 22.6 Å². The maximum atomic E-state index is 9.97. The molecule has 1 aromatic rings. The van der Waals surface area contributed by atoms with Gasteiger partial charge in [0.15, 0.2) is 0 Å². The zero-order chi connectivity index (χ0) is 10.2. The van der Waals surface area contributed by atoms with Crippen LogP contribution in [0.2, 0.25) is 0 Å². The summed E-state index contributed by atoms with van der Waals surface area (Å²) in [6, 6.07) is 8.41. The van der Waals surface area contributed by atoms with Crippen LogP contribution in [0, 0.1) is 8.99 Å². The largest absolute Gasteiger partial charge is 0.392 e. The third kappa shape index (κ3) is 2.28. The molecule has 0 bridgehead atoms. The first-order valence-electron chi connectivity index (χ1n) is 5.03. The number of hydrogen-bond acceptors (Lipinski definition) is 1. The molecule has 1 N–H and O–H groups in total. The molecule has 0 spiro atoms. The van der Waals surface area contributed by atoms with Crippen molar-refractivity contribution in [1.82, 2.24) is 0 Å². The van der Waals surface area contributed by atoms with Gasteiger partial charge in [0.25, 0.3) is 0 Å². The third-order valence-corrected chi connectivity index (χ3v) is 3.90. The van der Waals surface area contributed by atoms with Gasteiger partial charge in [0.2, 0.25) is 0 Å². The fraction of sp³-hybridized carbons (Fsp3) is 0.500. The Hall–Kier alpha value is -0.0900. The van der Waals surface area contributed by atoms with Gasteiger partial charge in [-0.3, -0.25) is 0 Å². The standard InChI is InChI=1S/C12H15IO/c1-12(6-7-12)11(14)8-9-2-4-10(13)5-3-9/h2-5,11,14H,6-8H2,1H3. The van der Waals surface area contributed by atoms with E-state index in [9.17, 15) is 5.11 Å². The Kier molecular flexibility index (Phi) is 2.84. The number of aliphatic hydroxyl groups is 1. The Bertz CT molecular complexity index is 314. The molecule has 0 radical (unpaired) electrons. The van der Waals surface area contributed by atoms with Crippen LogP contribution in [0.3, 0.4) is 0 Å². The number of hydrogen-bond donors (Lipinski definition) is 1. The van der Waals surface area contributed by atoms with Gasteiger partial charge in [-0.25, -0.2) is 0 Å².